The highest BCUT2D eigenvalue weighted by Crippen LogP contribution is 2.21. The van der Waals surface area contributed by atoms with Crippen molar-refractivity contribution in [1.82, 2.24) is 5.32 Å². The van der Waals surface area contributed by atoms with Crippen LogP contribution in [0.25, 0.3) is 0 Å². The molecule has 0 radical (unpaired) electrons. The Bertz CT molecular complexity index is 547. The summed E-state index contributed by atoms with van der Waals surface area (Å²) in [6, 6.07) is 15.9. The van der Waals surface area contributed by atoms with E-state index in [2.05, 4.69) is 33.4 Å². The fraction of sp³-hybridized carbons (Fsp3) is 0.250. The van der Waals surface area contributed by atoms with Crippen molar-refractivity contribution < 1.29 is 5.11 Å². The first kappa shape index (κ1) is 15.5. The van der Waals surface area contributed by atoms with Crippen LogP contribution in [0.1, 0.15) is 11.1 Å². The molecule has 0 fully saturated rings. The van der Waals surface area contributed by atoms with Gasteiger partial charge in [0.2, 0.25) is 0 Å². The Morgan fingerprint density at radius 1 is 1.15 bits per heavy atom. The summed E-state index contributed by atoms with van der Waals surface area (Å²) in [5.74, 6) is 0. The van der Waals surface area contributed by atoms with E-state index in [1.165, 1.54) is 5.56 Å². The van der Waals surface area contributed by atoms with E-state index >= 15 is 0 Å². The normalized spacial score (nSPS) is 12.3. The first-order chi connectivity index (χ1) is 9.69. The molecule has 0 unspecified atom stereocenters. The molecule has 0 heterocycles. The highest BCUT2D eigenvalue weighted by molar-refractivity contribution is 9.10. The average Bonchev–Trinajstić information content (AvgIpc) is 2.47. The number of aliphatic hydroxyl groups excluding tert-OH is 1. The van der Waals surface area contributed by atoms with Crippen molar-refractivity contribution in [2.75, 3.05) is 6.61 Å². The third kappa shape index (κ3) is 4.60. The van der Waals surface area contributed by atoms with E-state index in [0.717, 1.165) is 16.5 Å². The Kier molecular flexibility index (Phi) is 6.05. The zero-order valence-electron chi connectivity index (χ0n) is 11.0. The molecular formula is C16H17BrClNO. The molecule has 2 aromatic carbocycles. The van der Waals surface area contributed by atoms with E-state index in [1.54, 1.807) is 0 Å². The molecule has 2 rings (SSSR count). The lowest BCUT2D eigenvalue weighted by atomic mass is 10.1. The summed E-state index contributed by atoms with van der Waals surface area (Å²) in [5.41, 5.74) is 2.30. The van der Waals surface area contributed by atoms with Gasteiger partial charge < -0.3 is 10.4 Å². The van der Waals surface area contributed by atoms with Crippen LogP contribution in [0, 0.1) is 0 Å². The van der Waals surface area contributed by atoms with Gasteiger partial charge in [-0.1, -0.05) is 57.9 Å². The SMILES string of the molecule is OC[C@H](Cc1ccccc1)NCc1cc(Cl)ccc1Br. The molecule has 0 saturated heterocycles. The fourth-order valence-electron chi connectivity index (χ4n) is 2.03. The minimum absolute atomic E-state index is 0.0308. The molecule has 4 heteroatoms. The third-order valence-corrected chi connectivity index (χ3v) is 4.14. The standard InChI is InChI=1S/C16H17BrClNO/c17-16-7-6-14(18)9-13(16)10-19-15(11-20)8-12-4-2-1-3-5-12/h1-7,9,15,19-20H,8,10-11H2/t15-/m0/s1. The average molecular weight is 355 g/mol. The summed E-state index contributed by atoms with van der Waals surface area (Å²) in [6.07, 6.45) is 0.801. The van der Waals surface area contributed by atoms with Crippen LogP contribution in [-0.4, -0.2) is 17.8 Å². The Morgan fingerprint density at radius 3 is 2.60 bits per heavy atom. The lowest BCUT2D eigenvalue weighted by Crippen LogP contribution is -2.34. The molecule has 0 aliphatic carbocycles. The first-order valence-electron chi connectivity index (χ1n) is 6.51. The highest BCUT2D eigenvalue weighted by Gasteiger charge is 2.09. The number of hydrogen-bond acceptors (Lipinski definition) is 2. The molecule has 2 aromatic rings. The van der Waals surface area contributed by atoms with Crippen molar-refractivity contribution in [3.63, 3.8) is 0 Å². The summed E-state index contributed by atoms with van der Waals surface area (Å²) in [5, 5.41) is 13.6. The van der Waals surface area contributed by atoms with Gasteiger partial charge in [-0.2, -0.15) is 0 Å². The van der Waals surface area contributed by atoms with Gasteiger partial charge in [0, 0.05) is 22.1 Å². The predicted molar refractivity (Wildman–Crippen MR) is 87.0 cm³/mol. The van der Waals surface area contributed by atoms with E-state index in [1.807, 2.05) is 36.4 Å². The summed E-state index contributed by atoms with van der Waals surface area (Å²) >= 11 is 9.51. The smallest absolute Gasteiger partial charge is 0.0587 e. The van der Waals surface area contributed by atoms with Crippen LogP contribution in [0.3, 0.4) is 0 Å². The van der Waals surface area contributed by atoms with Gasteiger partial charge in [0.25, 0.3) is 0 Å². The Hall–Kier alpha value is -0.870. The molecule has 2 N–H and O–H groups in total. The number of benzene rings is 2. The van der Waals surface area contributed by atoms with Crippen LogP contribution in [0.2, 0.25) is 5.02 Å². The van der Waals surface area contributed by atoms with Gasteiger partial charge in [-0.25, -0.2) is 0 Å². The minimum atomic E-state index is 0.0308. The van der Waals surface area contributed by atoms with Gasteiger partial charge in [0.05, 0.1) is 6.61 Å². The Labute approximate surface area is 132 Å². The zero-order valence-corrected chi connectivity index (χ0v) is 13.4. The summed E-state index contributed by atoms with van der Waals surface area (Å²) in [7, 11) is 0. The van der Waals surface area contributed by atoms with Crippen LogP contribution < -0.4 is 5.32 Å². The Balaban J connectivity index is 1.95. The number of rotatable bonds is 6. The highest BCUT2D eigenvalue weighted by atomic mass is 79.9. The maximum Gasteiger partial charge on any atom is 0.0587 e. The van der Waals surface area contributed by atoms with Crippen molar-refractivity contribution in [1.29, 1.82) is 0 Å². The molecule has 20 heavy (non-hydrogen) atoms. The van der Waals surface area contributed by atoms with E-state index in [4.69, 9.17) is 11.6 Å². The number of aliphatic hydroxyl groups is 1. The van der Waals surface area contributed by atoms with Crippen molar-refractivity contribution in [3.05, 3.63) is 69.2 Å². The van der Waals surface area contributed by atoms with Crippen molar-refractivity contribution >= 4 is 27.5 Å². The molecule has 1 atom stereocenters. The van der Waals surface area contributed by atoms with Crippen molar-refractivity contribution in [2.45, 2.75) is 19.0 Å². The molecular weight excluding hydrogens is 338 g/mol. The van der Waals surface area contributed by atoms with Gasteiger partial charge in [0.15, 0.2) is 0 Å². The van der Waals surface area contributed by atoms with Crippen LogP contribution in [0.4, 0.5) is 0 Å². The quantitative estimate of drug-likeness (QED) is 0.827. The minimum Gasteiger partial charge on any atom is -0.395 e. The second kappa shape index (κ2) is 7.79. The molecule has 0 bridgehead atoms. The topological polar surface area (TPSA) is 32.3 Å². The van der Waals surface area contributed by atoms with Crippen LogP contribution in [0.5, 0.6) is 0 Å². The van der Waals surface area contributed by atoms with E-state index in [0.29, 0.717) is 11.6 Å². The zero-order chi connectivity index (χ0) is 14.4. The van der Waals surface area contributed by atoms with Gasteiger partial charge in [-0.3, -0.25) is 0 Å². The third-order valence-electron chi connectivity index (χ3n) is 3.13. The lowest BCUT2D eigenvalue weighted by molar-refractivity contribution is 0.240. The maximum absolute atomic E-state index is 9.49. The molecule has 2 nitrogen and oxygen atoms in total. The van der Waals surface area contributed by atoms with Crippen LogP contribution in [-0.2, 0) is 13.0 Å². The molecule has 0 saturated carbocycles. The number of halogens is 2. The monoisotopic (exact) mass is 353 g/mol. The molecule has 106 valence electrons. The summed E-state index contributed by atoms with van der Waals surface area (Å²) in [6.45, 7) is 0.770. The van der Waals surface area contributed by atoms with Gasteiger partial charge in [0.1, 0.15) is 0 Å². The van der Waals surface area contributed by atoms with E-state index < -0.39 is 0 Å². The van der Waals surface area contributed by atoms with Crippen molar-refractivity contribution in [3.8, 4) is 0 Å². The van der Waals surface area contributed by atoms with Gasteiger partial charge >= 0.3 is 0 Å². The second-order valence-electron chi connectivity index (χ2n) is 4.69. The van der Waals surface area contributed by atoms with Gasteiger partial charge in [-0.15, -0.1) is 0 Å². The Morgan fingerprint density at radius 2 is 1.90 bits per heavy atom. The number of hydrogen-bond donors (Lipinski definition) is 2. The summed E-state index contributed by atoms with van der Waals surface area (Å²) < 4.78 is 1.02. The largest absolute Gasteiger partial charge is 0.395 e. The molecule has 0 spiro atoms. The molecule has 0 aliphatic rings. The molecule has 0 amide bonds. The van der Waals surface area contributed by atoms with Gasteiger partial charge in [-0.05, 0) is 35.7 Å². The van der Waals surface area contributed by atoms with Crippen LogP contribution in [0.15, 0.2) is 53.0 Å². The van der Waals surface area contributed by atoms with E-state index in [9.17, 15) is 5.11 Å². The second-order valence-corrected chi connectivity index (χ2v) is 5.98. The van der Waals surface area contributed by atoms with Crippen molar-refractivity contribution in [2.24, 2.45) is 0 Å². The van der Waals surface area contributed by atoms with Crippen LogP contribution >= 0.6 is 27.5 Å². The fourth-order valence-corrected chi connectivity index (χ4v) is 2.61. The maximum atomic E-state index is 9.49. The lowest BCUT2D eigenvalue weighted by Gasteiger charge is -2.17. The molecule has 0 aromatic heterocycles. The number of nitrogens with one attached hydrogen (secondary N) is 1. The first-order valence-corrected chi connectivity index (χ1v) is 7.68. The predicted octanol–water partition coefficient (Wildman–Crippen LogP) is 3.80. The van der Waals surface area contributed by atoms with E-state index in [-0.39, 0.29) is 12.6 Å². The molecule has 0 aliphatic heterocycles. The summed E-state index contributed by atoms with van der Waals surface area (Å²) in [4.78, 5) is 0.